The van der Waals surface area contributed by atoms with E-state index in [9.17, 15) is 8.78 Å². The largest absolute Gasteiger partial charge is 0.251 e. The van der Waals surface area contributed by atoms with Gasteiger partial charge < -0.3 is 0 Å². The van der Waals surface area contributed by atoms with E-state index in [0.29, 0.717) is 0 Å². The van der Waals surface area contributed by atoms with Crippen LogP contribution in [0.25, 0.3) is 0 Å². The zero-order valence-corrected chi connectivity index (χ0v) is 3.45. The van der Waals surface area contributed by atoms with Crippen molar-refractivity contribution in [3.63, 3.8) is 0 Å². The van der Waals surface area contributed by atoms with E-state index in [4.69, 9.17) is 0 Å². The maximum absolute atomic E-state index is 11.1. The predicted molar refractivity (Wildman–Crippen MR) is 20.8 cm³/mol. The van der Waals surface area contributed by atoms with E-state index in [2.05, 4.69) is 6.92 Å². The van der Waals surface area contributed by atoms with Crippen molar-refractivity contribution in [2.24, 2.45) is 5.92 Å². The van der Waals surface area contributed by atoms with Crippen LogP contribution in [0.1, 0.15) is 0 Å². The first-order valence-corrected chi connectivity index (χ1v) is 1.76. The smallest absolute Gasteiger partial charge is 0.0947 e. The van der Waals surface area contributed by atoms with Crippen molar-refractivity contribution < 1.29 is 8.78 Å². The highest BCUT2D eigenvalue weighted by molar-refractivity contribution is 4.54. The summed E-state index contributed by atoms with van der Waals surface area (Å²) in [5, 5.41) is 0. The fourth-order valence-corrected chi connectivity index (χ4v) is 0.0412. The van der Waals surface area contributed by atoms with Crippen LogP contribution in [-0.2, 0) is 0 Å². The van der Waals surface area contributed by atoms with Crippen molar-refractivity contribution in [1.29, 1.82) is 0 Å². The molecule has 1 radical (unpaired) electrons. The van der Waals surface area contributed by atoms with Crippen LogP contribution in [0.15, 0.2) is 0 Å². The monoisotopic (exact) mass is 93.1 g/mol. The predicted octanol–water partition coefficient (Wildman–Crippen LogP) is 1.38. The second-order valence-corrected chi connectivity index (χ2v) is 1.17. The third-order valence-corrected chi connectivity index (χ3v) is 0.436. The average molecular weight is 93.1 g/mol. The van der Waals surface area contributed by atoms with Crippen molar-refractivity contribution in [2.45, 2.75) is 0 Å². The van der Waals surface area contributed by atoms with Crippen LogP contribution < -0.4 is 0 Å². The molecule has 0 bridgehead atoms. The summed E-state index contributed by atoms with van der Waals surface area (Å²) < 4.78 is 22.2. The van der Waals surface area contributed by atoms with E-state index in [1.807, 2.05) is 0 Å². The van der Waals surface area contributed by atoms with Crippen LogP contribution in [0.3, 0.4) is 0 Å². The third kappa shape index (κ3) is 2.12. The summed E-state index contributed by atoms with van der Waals surface area (Å²) in [4.78, 5) is 0. The van der Waals surface area contributed by atoms with Gasteiger partial charge in [-0.1, -0.05) is 0 Å². The molecule has 0 N–H and O–H groups in total. The molecule has 0 heterocycles. The molecule has 0 amide bonds. The molecule has 6 heavy (non-hydrogen) atoms. The first-order chi connectivity index (χ1) is 2.81. The van der Waals surface area contributed by atoms with E-state index in [0.717, 1.165) is 0 Å². The van der Waals surface area contributed by atoms with Gasteiger partial charge in [-0.25, -0.2) is 0 Å². The van der Waals surface area contributed by atoms with E-state index >= 15 is 0 Å². The number of halogens is 2. The second-order valence-electron chi connectivity index (χ2n) is 1.17. The molecule has 0 aliphatic carbocycles. The highest BCUT2D eigenvalue weighted by Crippen LogP contribution is 1.92. The SMILES string of the molecule is [CH2]C(CF)CF. The molecule has 0 aliphatic rings. The Labute approximate surface area is 36.2 Å². The van der Waals surface area contributed by atoms with Gasteiger partial charge in [-0.3, -0.25) is 8.78 Å². The Kier molecular flexibility index (Phi) is 2.99. The normalized spacial score (nSPS) is 10.0. The van der Waals surface area contributed by atoms with Gasteiger partial charge in [0, 0.05) is 5.92 Å². The molecule has 0 nitrogen and oxygen atoms in total. The lowest BCUT2D eigenvalue weighted by molar-refractivity contribution is 0.331. The van der Waals surface area contributed by atoms with Crippen LogP contribution in [-0.4, -0.2) is 13.3 Å². The minimum absolute atomic E-state index is 0.648. The second kappa shape index (κ2) is 3.07. The Hall–Kier alpha value is -0.140. The number of hydrogen-bond donors (Lipinski definition) is 0. The summed E-state index contributed by atoms with van der Waals surface area (Å²) in [6.07, 6.45) is 0. The minimum Gasteiger partial charge on any atom is -0.251 e. The van der Waals surface area contributed by atoms with Gasteiger partial charge in [0.1, 0.15) is 0 Å². The first-order valence-electron chi connectivity index (χ1n) is 1.76. The Morgan fingerprint density at radius 3 is 1.67 bits per heavy atom. The zero-order valence-electron chi connectivity index (χ0n) is 3.45. The fourth-order valence-electron chi connectivity index (χ4n) is 0.0412. The molecule has 0 saturated heterocycles. The van der Waals surface area contributed by atoms with Crippen LogP contribution in [0.2, 0.25) is 0 Å². The van der Waals surface area contributed by atoms with Crippen LogP contribution in [0.4, 0.5) is 8.78 Å². The van der Waals surface area contributed by atoms with Gasteiger partial charge >= 0.3 is 0 Å². The van der Waals surface area contributed by atoms with Crippen molar-refractivity contribution in [1.82, 2.24) is 0 Å². The molecule has 0 fully saturated rings. The summed E-state index contributed by atoms with van der Waals surface area (Å²) in [6.45, 7) is 1.81. The van der Waals surface area contributed by atoms with Crippen molar-refractivity contribution in [3.05, 3.63) is 6.92 Å². The van der Waals surface area contributed by atoms with Gasteiger partial charge in [0.15, 0.2) is 0 Å². The molecule has 0 saturated carbocycles. The lowest BCUT2D eigenvalue weighted by Gasteiger charge is -1.92. The van der Waals surface area contributed by atoms with Crippen molar-refractivity contribution in [2.75, 3.05) is 13.3 Å². The lowest BCUT2D eigenvalue weighted by Crippen LogP contribution is -1.97. The molecule has 0 aromatic rings. The number of hydrogen-bond acceptors (Lipinski definition) is 0. The minimum atomic E-state index is -0.656. The molecule has 2 heteroatoms. The Morgan fingerprint density at radius 2 is 1.67 bits per heavy atom. The Bertz CT molecular complexity index is 24.7. The van der Waals surface area contributed by atoms with Crippen molar-refractivity contribution in [3.8, 4) is 0 Å². The van der Waals surface area contributed by atoms with Crippen molar-refractivity contribution >= 4 is 0 Å². The molecule has 0 atom stereocenters. The Morgan fingerprint density at radius 1 is 1.33 bits per heavy atom. The third-order valence-electron chi connectivity index (χ3n) is 0.436. The molecule has 0 aromatic heterocycles. The van der Waals surface area contributed by atoms with E-state index in [-0.39, 0.29) is 0 Å². The van der Waals surface area contributed by atoms with Gasteiger partial charge in [0.25, 0.3) is 0 Å². The van der Waals surface area contributed by atoms with E-state index < -0.39 is 19.3 Å². The maximum atomic E-state index is 11.1. The molecular weight excluding hydrogens is 86.0 g/mol. The lowest BCUT2D eigenvalue weighted by atomic mass is 10.2. The van der Waals surface area contributed by atoms with Gasteiger partial charge in [-0.2, -0.15) is 0 Å². The molecule has 0 aliphatic heterocycles. The summed E-state index contributed by atoms with van der Waals surface area (Å²) in [6, 6.07) is 0. The van der Waals surface area contributed by atoms with Gasteiger partial charge in [-0.05, 0) is 6.92 Å². The van der Waals surface area contributed by atoms with E-state index in [1.165, 1.54) is 0 Å². The maximum Gasteiger partial charge on any atom is 0.0947 e. The van der Waals surface area contributed by atoms with Crippen LogP contribution >= 0.6 is 0 Å². The number of alkyl halides is 2. The quantitative estimate of drug-likeness (QED) is 0.483. The summed E-state index contributed by atoms with van der Waals surface area (Å²) in [5.74, 6) is -0.648. The van der Waals surface area contributed by atoms with Crippen LogP contribution in [0.5, 0.6) is 0 Å². The first kappa shape index (κ1) is 5.86. The molecule has 0 rings (SSSR count). The Balaban J connectivity index is 2.75. The highest BCUT2D eigenvalue weighted by Gasteiger charge is 1.95. The standard InChI is InChI=1S/C4H7F2/c1-4(2-5)3-6/h4H,1-3H2. The zero-order chi connectivity index (χ0) is 4.99. The van der Waals surface area contributed by atoms with Crippen LogP contribution in [0, 0.1) is 12.8 Å². The molecule has 37 valence electrons. The fraction of sp³-hybridized carbons (Fsp3) is 0.750. The highest BCUT2D eigenvalue weighted by atomic mass is 19.1. The topological polar surface area (TPSA) is 0 Å². The molecular formula is C4H7F2. The van der Waals surface area contributed by atoms with Gasteiger partial charge in [0.05, 0.1) is 13.3 Å². The summed E-state index contributed by atoms with van der Waals surface area (Å²) in [7, 11) is 0. The van der Waals surface area contributed by atoms with Gasteiger partial charge in [-0.15, -0.1) is 0 Å². The van der Waals surface area contributed by atoms with E-state index in [1.54, 1.807) is 0 Å². The molecule has 0 spiro atoms. The summed E-state index contributed by atoms with van der Waals surface area (Å²) >= 11 is 0. The van der Waals surface area contributed by atoms with Gasteiger partial charge in [0.2, 0.25) is 0 Å². The molecule has 0 unspecified atom stereocenters. The summed E-state index contributed by atoms with van der Waals surface area (Å²) in [5.41, 5.74) is 0. The number of rotatable bonds is 2. The average Bonchev–Trinajstić information content (AvgIpc) is 1.65. The molecule has 0 aromatic carbocycles.